The third kappa shape index (κ3) is 3.56. The number of methoxy groups -OCH3 is 1. The highest BCUT2D eigenvalue weighted by atomic mass is 32.1. The number of aryl methyl sites for hydroxylation is 3. The maximum absolute atomic E-state index is 12.7. The van der Waals surface area contributed by atoms with Crippen LogP contribution in [0.4, 0.5) is 5.13 Å². The third-order valence-electron chi connectivity index (χ3n) is 4.01. The summed E-state index contributed by atoms with van der Waals surface area (Å²) in [7, 11) is 1.64. The maximum atomic E-state index is 12.7. The largest absolute Gasteiger partial charge is 0.496 e. The number of rotatable bonds is 4. The van der Waals surface area contributed by atoms with Gasteiger partial charge in [0.1, 0.15) is 5.75 Å². The van der Waals surface area contributed by atoms with Gasteiger partial charge in [-0.1, -0.05) is 29.8 Å². The first-order valence-electron chi connectivity index (χ1n) is 7.97. The van der Waals surface area contributed by atoms with Crippen molar-refractivity contribution in [3.8, 4) is 17.0 Å². The summed E-state index contributed by atoms with van der Waals surface area (Å²) >= 11 is 1.40. The van der Waals surface area contributed by atoms with E-state index < -0.39 is 0 Å². The van der Waals surface area contributed by atoms with Gasteiger partial charge >= 0.3 is 0 Å². The number of hydrogen-bond acceptors (Lipinski definition) is 4. The van der Waals surface area contributed by atoms with Gasteiger partial charge < -0.3 is 4.74 Å². The van der Waals surface area contributed by atoms with E-state index in [0.717, 1.165) is 33.7 Å². The van der Waals surface area contributed by atoms with E-state index in [9.17, 15) is 4.79 Å². The van der Waals surface area contributed by atoms with Crippen molar-refractivity contribution in [2.24, 2.45) is 0 Å². The third-order valence-corrected chi connectivity index (χ3v) is 4.77. The van der Waals surface area contributed by atoms with Gasteiger partial charge in [0.2, 0.25) is 0 Å². The van der Waals surface area contributed by atoms with Crippen LogP contribution in [0.5, 0.6) is 5.75 Å². The molecule has 0 radical (unpaired) electrons. The lowest BCUT2D eigenvalue weighted by Gasteiger charge is -2.10. The average Bonchev–Trinajstić information content (AvgIpc) is 3.02. The van der Waals surface area contributed by atoms with Crippen LogP contribution in [0.2, 0.25) is 0 Å². The van der Waals surface area contributed by atoms with Gasteiger partial charge in [-0.3, -0.25) is 10.1 Å². The summed E-state index contributed by atoms with van der Waals surface area (Å²) in [5, 5.41) is 5.41. The molecule has 1 heterocycles. The molecule has 0 aliphatic rings. The Bertz CT molecular complexity index is 908. The second kappa shape index (κ2) is 7.07. The molecule has 0 saturated heterocycles. The van der Waals surface area contributed by atoms with Gasteiger partial charge in [-0.2, -0.15) is 0 Å². The Labute approximate surface area is 151 Å². The van der Waals surface area contributed by atoms with Gasteiger partial charge in [-0.05, 0) is 44.0 Å². The molecule has 4 nitrogen and oxygen atoms in total. The summed E-state index contributed by atoms with van der Waals surface area (Å²) in [5.41, 5.74) is 5.49. The van der Waals surface area contributed by atoms with Crippen LogP contribution in [0.25, 0.3) is 11.3 Å². The number of nitrogens with zero attached hydrogens (tertiary/aromatic N) is 1. The maximum Gasteiger partial charge on any atom is 0.257 e. The number of hydrogen-bond donors (Lipinski definition) is 1. The number of carbonyl (C=O) groups is 1. The number of para-hydroxylation sites is 1. The zero-order chi connectivity index (χ0) is 18.0. The van der Waals surface area contributed by atoms with Crippen LogP contribution in [0.15, 0.2) is 41.8 Å². The molecule has 1 aromatic heterocycles. The number of carbonyl (C=O) groups excluding carboxylic acids is 1. The Balaban J connectivity index is 1.86. The molecule has 0 aliphatic heterocycles. The fourth-order valence-corrected chi connectivity index (χ4v) is 3.71. The molecule has 0 saturated carbocycles. The van der Waals surface area contributed by atoms with Crippen LogP contribution in [0.1, 0.15) is 27.0 Å². The monoisotopic (exact) mass is 352 g/mol. The zero-order valence-electron chi connectivity index (χ0n) is 14.7. The highest BCUT2D eigenvalue weighted by Crippen LogP contribution is 2.32. The Morgan fingerprint density at radius 1 is 1.12 bits per heavy atom. The summed E-state index contributed by atoms with van der Waals surface area (Å²) in [5.74, 6) is 0.631. The molecule has 1 amide bonds. The quantitative estimate of drug-likeness (QED) is 0.719. The van der Waals surface area contributed by atoms with E-state index in [1.165, 1.54) is 11.3 Å². The van der Waals surface area contributed by atoms with Crippen LogP contribution in [0.3, 0.4) is 0 Å². The Morgan fingerprint density at radius 2 is 1.80 bits per heavy atom. The molecule has 0 atom stereocenters. The van der Waals surface area contributed by atoms with E-state index in [4.69, 9.17) is 4.74 Å². The smallest absolute Gasteiger partial charge is 0.257 e. The number of benzene rings is 2. The van der Waals surface area contributed by atoms with Gasteiger partial charge in [0.05, 0.1) is 12.8 Å². The van der Waals surface area contributed by atoms with Crippen molar-refractivity contribution in [2.75, 3.05) is 12.4 Å². The van der Waals surface area contributed by atoms with Gasteiger partial charge in [0.15, 0.2) is 5.13 Å². The molecule has 0 aliphatic carbocycles. The van der Waals surface area contributed by atoms with E-state index in [2.05, 4.69) is 10.3 Å². The predicted octanol–water partition coefficient (Wildman–Crippen LogP) is 5.00. The number of amides is 1. The lowest BCUT2D eigenvalue weighted by molar-refractivity contribution is 0.102. The van der Waals surface area contributed by atoms with Crippen LogP contribution < -0.4 is 10.1 Å². The second-order valence-corrected chi connectivity index (χ2v) is 6.82. The molecular weight excluding hydrogens is 332 g/mol. The zero-order valence-corrected chi connectivity index (χ0v) is 15.5. The van der Waals surface area contributed by atoms with Crippen LogP contribution in [-0.4, -0.2) is 18.0 Å². The van der Waals surface area contributed by atoms with Crippen LogP contribution in [-0.2, 0) is 0 Å². The minimum Gasteiger partial charge on any atom is -0.496 e. The molecule has 25 heavy (non-hydrogen) atoms. The van der Waals surface area contributed by atoms with Crippen molar-refractivity contribution in [1.82, 2.24) is 4.98 Å². The molecule has 5 heteroatoms. The van der Waals surface area contributed by atoms with Gasteiger partial charge in [-0.15, -0.1) is 11.3 Å². The normalized spacial score (nSPS) is 10.6. The first-order chi connectivity index (χ1) is 12.0. The predicted molar refractivity (Wildman–Crippen MR) is 103 cm³/mol. The van der Waals surface area contributed by atoms with Crippen molar-refractivity contribution < 1.29 is 9.53 Å². The van der Waals surface area contributed by atoms with E-state index >= 15 is 0 Å². The van der Waals surface area contributed by atoms with Crippen molar-refractivity contribution in [3.63, 3.8) is 0 Å². The lowest BCUT2D eigenvalue weighted by Crippen LogP contribution is -2.15. The first-order valence-corrected chi connectivity index (χ1v) is 8.85. The molecule has 2 aromatic carbocycles. The van der Waals surface area contributed by atoms with E-state index in [-0.39, 0.29) is 5.91 Å². The second-order valence-electron chi connectivity index (χ2n) is 5.97. The Hall–Kier alpha value is -2.66. The Morgan fingerprint density at radius 3 is 2.48 bits per heavy atom. The molecule has 128 valence electrons. The minimum atomic E-state index is -0.129. The fourth-order valence-electron chi connectivity index (χ4n) is 3.01. The van der Waals surface area contributed by atoms with E-state index in [1.807, 2.05) is 62.5 Å². The fraction of sp³-hybridized carbons (Fsp3) is 0.200. The molecule has 0 unspecified atom stereocenters. The van der Waals surface area contributed by atoms with Gasteiger partial charge in [-0.25, -0.2) is 4.98 Å². The number of aromatic nitrogens is 1. The van der Waals surface area contributed by atoms with E-state index in [0.29, 0.717) is 10.7 Å². The minimum absolute atomic E-state index is 0.129. The van der Waals surface area contributed by atoms with Crippen LogP contribution >= 0.6 is 11.3 Å². The standard InChI is InChI=1S/C20H20N2O2S/c1-12-9-13(2)18(14(3)10-12)19(23)22-20-21-16(11-25-20)15-7-5-6-8-17(15)24-4/h5-11H,1-4H3,(H,21,22,23). The van der Waals surface area contributed by atoms with Crippen molar-refractivity contribution in [1.29, 1.82) is 0 Å². The summed E-state index contributed by atoms with van der Waals surface area (Å²) < 4.78 is 5.38. The number of thiazole rings is 1. The molecule has 3 aromatic rings. The average molecular weight is 352 g/mol. The number of anilines is 1. The lowest BCUT2D eigenvalue weighted by atomic mass is 9.99. The van der Waals surface area contributed by atoms with Crippen molar-refractivity contribution >= 4 is 22.4 Å². The summed E-state index contributed by atoms with van der Waals surface area (Å²) in [6.07, 6.45) is 0. The SMILES string of the molecule is COc1ccccc1-c1csc(NC(=O)c2c(C)cc(C)cc2C)n1. The summed E-state index contributed by atoms with van der Waals surface area (Å²) in [4.78, 5) is 17.2. The highest BCUT2D eigenvalue weighted by molar-refractivity contribution is 7.14. The number of nitrogens with one attached hydrogen (secondary N) is 1. The molecule has 1 N–H and O–H groups in total. The first kappa shape index (κ1) is 17.2. The summed E-state index contributed by atoms with van der Waals surface area (Å²) in [6.45, 7) is 5.94. The molecule has 0 bridgehead atoms. The van der Waals surface area contributed by atoms with Gasteiger partial charge in [0, 0.05) is 16.5 Å². The molecular formula is C20H20N2O2S. The highest BCUT2D eigenvalue weighted by Gasteiger charge is 2.16. The molecule has 0 fully saturated rings. The number of ether oxygens (including phenoxy) is 1. The van der Waals surface area contributed by atoms with Crippen molar-refractivity contribution in [2.45, 2.75) is 20.8 Å². The molecule has 3 rings (SSSR count). The molecule has 0 spiro atoms. The Kier molecular flexibility index (Phi) is 4.86. The van der Waals surface area contributed by atoms with Crippen molar-refractivity contribution in [3.05, 3.63) is 64.0 Å². The summed E-state index contributed by atoms with van der Waals surface area (Å²) in [6, 6.07) is 11.7. The van der Waals surface area contributed by atoms with E-state index in [1.54, 1.807) is 7.11 Å². The topological polar surface area (TPSA) is 51.2 Å². The van der Waals surface area contributed by atoms with Crippen LogP contribution in [0, 0.1) is 20.8 Å². The van der Waals surface area contributed by atoms with Gasteiger partial charge in [0.25, 0.3) is 5.91 Å².